The topological polar surface area (TPSA) is 105 Å². The van der Waals surface area contributed by atoms with Crippen LogP contribution in [0.1, 0.15) is 44.1 Å². The number of nitrogens with zero attached hydrogens (tertiary/aromatic N) is 3. The zero-order valence-corrected chi connectivity index (χ0v) is 20.9. The minimum Gasteiger partial charge on any atom is -0.407 e. The summed E-state index contributed by atoms with van der Waals surface area (Å²) in [5.41, 5.74) is 5.84. The Kier molecular flexibility index (Phi) is 6.42. The fourth-order valence-corrected chi connectivity index (χ4v) is 5.77. The first-order valence-electron chi connectivity index (χ1n) is 11.7. The van der Waals surface area contributed by atoms with E-state index in [0.29, 0.717) is 31.8 Å². The Balaban J connectivity index is 1.24. The van der Waals surface area contributed by atoms with Gasteiger partial charge in [-0.2, -0.15) is 4.31 Å². The number of benzene rings is 3. The first-order chi connectivity index (χ1) is 17.3. The molecule has 1 aliphatic heterocycles. The van der Waals surface area contributed by atoms with Gasteiger partial charge in [0.2, 0.25) is 15.9 Å². The molecule has 5 rings (SSSR count). The molecule has 0 unspecified atom stereocenters. The third kappa shape index (κ3) is 4.93. The number of carbonyl (C=O) groups is 1. The number of rotatable bonds is 6. The van der Waals surface area contributed by atoms with Gasteiger partial charge in [0.05, 0.1) is 11.3 Å². The molecule has 0 bridgehead atoms. The van der Waals surface area contributed by atoms with Gasteiger partial charge in [-0.05, 0) is 66.8 Å². The summed E-state index contributed by atoms with van der Waals surface area (Å²) in [5.74, 6) is -0.0747. The lowest BCUT2D eigenvalue weighted by atomic mass is 10.0. The molecule has 0 saturated heterocycles. The van der Waals surface area contributed by atoms with Crippen molar-refractivity contribution in [2.24, 2.45) is 0 Å². The van der Waals surface area contributed by atoms with E-state index in [1.807, 2.05) is 50.2 Å². The summed E-state index contributed by atoms with van der Waals surface area (Å²) in [6.45, 7) is 4.81. The molecule has 1 amide bonds. The normalized spacial score (nSPS) is 13.8. The fraction of sp³-hybridized carbons (Fsp3) is 0.222. The van der Waals surface area contributed by atoms with Gasteiger partial charge in [0.15, 0.2) is 0 Å². The molecule has 2 heterocycles. The van der Waals surface area contributed by atoms with Crippen molar-refractivity contribution in [3.63, 3.8) is 0 Å². The lowest BCUT2D eigenvalue weighted by Crippen LogP contribution is -2.35. The summed E-state index contributed by atoms with van der Waals surface area (Å²) in [6.07, 6.45) is 1.13. The standard InChI is InChI=1S/C27H26N4O4S/c1-18-7-8-22(19(2)15-18)16-25-29-30-27(35-25)28-26(32)21-9-11-24(12-10-21)36(33,34)31-14-13-20-5-3-4-6-23(20)17-31/h3-12,15H,13-14,16-17H2,1-2H3,(H,28,30,32). The van der Waals surface area contributed by atoms with E-state index in [1.54, 1.807) is 0 Å². The Bertz CT molecular complexity index is 1530. The number of fused-ring (bicyclic) bond motifs is 1. The van der Waals surface area contributed by atoms with Crippen molar-refractivity contribution in [3.05, 3.63) is 106 Å². The molecular formula is C27H26N4O4S. The fourth-order valence-electron chi connectivity index (χ4n) is 4.35. The van der Waals surface area contributed by atoms with Gasteiger partial charge in [0.25, 0.3) is 5.91 Å². The Labute approximate surface area is 210 Å². The number of hydrogen-bond donors (Lipinski definition) is 1. The van der Waals surface area contributed by atoms with Gasteiger partial charge in [-0.25, -0.2) is 8.42 Å². The largest absolute Gasteiger partial charge is 0.407 e. The summed E-state index contributed by atoms with van der Waals surface area (Å²) < 4.78 is 33.4. The Hall–Kier alpha value is -3.82. The molecule has 36 heavy (non-hydrogen) atoms. The molecule has 0 saturated carbocycles. The lowest BCUT2D eigenvalue weighted by molar-refractivity contribution is 0.102. The minimum atomic E-state index is -3.68. The van der Waals surface area contributed by atoms with Crippen LogP contribution in [0.25, 0.3) is 0 Å². The Morgan fingerprint density at radius 2 is 1.75 bits per heavy atom. The van der Waals surface area contributed by atoms with E-state index in [1.165, 1.54) is 39.7 Å². The number of amides is 1. The van der Waals surface area contributed by atoms with Gasteiger partial charge >= 0.3 is 6.01 Å². The monoisotopic (exact) mass is 502 g/mol. The highest BCUT2D eigenvalue weighted by atomic mass is 32.2. The van der Waals surface area contributed by atoms with E-state index < -0.39 is 15.9 Å². The van der Waals surface area contributed by atoms with Gasteiger partial charge in [-0.3, -0.25) is 10.1 Å². The van der Waals surface area contributed by atoms with Gasteiger partial charge < -0.3 is 4.42 Å². The van der Waals surface area contributed by atoms with Crippen molar-refractivity contribution < 1.29 is 17.6 Å². The minimum absolute atomic E-state index is 0.0107. The second-order valence-corrected chi connectivity index (χ2v) is 10.9. The Morgan fingerprint density at radius 1 is 1.00 bits per heavy atom. The maximum Gasteiger partial charge on any atom is 0.322 e. The van der Waals surface area contributed by atoms with Gasteiger partial charge in [0, 0.05) is 18.7 Å². The molecule has 0 atom stereocenters. The van der Waals surface area contributed by atoms with E-state index in [0.717, 1.165) is 16.7 Å². The molecule has 184 valence electrons. The molecule has 4 aromatic rings. The molecule has 0 fully saturated rings. The number of aromatic nitrogens is 2. The molecule has 0 radical (unpaired) electrons. The van der Waals surface area contributed by atoms with Crippen molar-refractivity contribution in [1.82, 2.24) is 14.5 Å². The highest BCUT2D eigenvalue weighted by Crippen LogP contribution is 2.25. The second-order valence-electron chi connectivity index (χ2n) is 8.94. The van der Waals surface area contributed by atoms with E-state index in [9.17, 15) is 13.2 Å². The van der Waals surface area contributed by atoms with Gasteiger partial charge in [-0.15, -0.1) is 5.10 Å². The first kappa shape index (κ1) is 23.9. The summed E-state index contributed by atoms with van der Waals surface area (Å²) in [7, 11) is -3.68. The van der Waals surface area contributed by atoms with Crippen LogP contribution in [0.2, 0.25) is 0 Å². The van der Waals surface area contributed by atoms with Crippen LogP contribution in [0, 0.1) is 13.8 Å². The summed E-state index contributed by atoms with van der Waals surface area (Å²) in [4.78, 5) is 12.8. The average Bonchev–Trinajstić information content (AvgIpc) is 3.32. The van der Waals surface area contributed by atoms with Crippen molar-refractivity contribution in [1.29, 1.82) is 0 Å². The molecule has 0 aliphatic carbocycles. The summed E-state index contributed by atoms with van der Waals surface area (Å²) in [6, 6.07) is 19.8. The van der Waals surface area contributed by atoms with Crippen molar-refractivity contribution in [3.8, 4) is 0 Å². The maximum absolute atomic E-state index is 13.2. The van der Waals surface area contributed by atoms with Gasteiger partial charge in [0.1, 0.15) is 0 Å². The zero-order chi connectivity index (χ0) is 25.3. The molecule has 3 aromatic carbocycles. The van der Waals surface area contributed by atoms with Crippen LogP contribution in [-0.2, 0) is 29.4 Å². The summed E-state index contributed by atoms with van der Waals surface area (Å²) in [5, 5.41) is 10.5. The van der Waals surface area contributed by atoms with Crippen molar-refractivity contribution in [2.45, 2.75) is 38.1 Å². The molecule has 0 spiro atoms. The predicted octanol–water partition coefficient (Wildman–Crippen LogP) is 4.28. The molecule has 1 N–H and O–H groups in total. The average molecular weight is 503 g/mol. The quantitative estimate of drug-likeness (QED) is 0.422. The number of nitrogens with one attached hydrogen (secondary N) is 1. The predicted molar refractivity (Wildman–Crippen MR) is 135 cm³/mol. The third-order valence-corrected chi connectivity index (χ3v) is 8.24. The van der Waals surface area contributed by atoms with E-state index in [4.69, 9.17) is 4.42 Å². The zero-order valence-electron chi connectivity index (χ0n) is 20.1. The highest BCUT2D eigenvalue weighted by molar-refractivity contribution is 7.89. The number of anilines is 1. The van der Waals surface area contributed by atoms with Crippen LogP contribution in [0.3, 0.4) is 0 Å². The molecule has 1 aromatic heterocycles. The number of hydrogen-bond acceptors (Lipinski definition) is 6. The smallest absolute Gasteiger partial charge is 0.322 e. The SMILES string of the molecule is Cc1ccc(Cc2nnc(NC(=O)c3ccc(S(=O)(=O)N4CCc5ccccc5C4)cc3)o2)c(C)c1. The lowest BCUT2D eigenvalue weighted by Gasteiger charge is -2.28. The number of sulfonamides is 1. The molecule has 9 heteroatoms. The van der Waals surface area contributed by atoms with Crippen molar-refractivity contribution in [2.75, 3.05) is 11.9 Å². The number of carbonyl (C=O) groups excluding carboxylic acids is 1. The maximum atomic E-state index is 13.2. The number of aryl methyl sites for hydroxylation is 2. The Morgan fingerprint density at radius 3 is 2.50 bits per heavy atom. The second kappa shape index (κ2) is 9.67. The van der Waals surface area contributed by atoms with Crippen LogP contribution < -0.4 is 5.32 Å². The van der Waals surface area contributed by atoms with E-state index in [2.05, 4.69) is 21.6 Å². The van der Waals surface area contributed by atoms with Gasteiger partial charge in [-0.1, -0.05) is 53.1 Å². The third-order valence-electron chi connectivity index (χ3n) is 6.38. The first-order valence-corrected chi connectivity index (χ1v) is 13.1. The van der Waals surface area contributed by atoms with Crippen molar-refractivity contribution >= 4 is 21.9 Å². The van der Waals surface area contributed by atoms with Crippen LogP contribution in [0.15, 0.2) is 76.0 Å². The van der Waals surface area contributed by atoms with Crippen LogP contribution >= 0.6 is 0 Å². The highest BCUT2D eigenvalue weighted by Gasteiger charge is 2.28. The summed E-state index contributed by atoms with van der Waals surface area (Å²) >= 11 is 0. The van der Waals surface area contributed by atoms with Crippen LogP contribution in [0.4, 0.5) is 6.01 Å². The molecule has 1 aliphatic rings. The van der Waals surface area contributed by atoms with Crippen LogP contribution in [-0.4, -0.2) is 35.4 Å². The van der Waals surface area contributed by atoms with E-state index >= 15 is 0 Å². The molecule has 8 nitrogen and oxygen atoms in total. The van der Waals surface area contributed by atoms with E-state index in [-0.39, 0.29) is 16.5 Å². The molecular weight excluding hydrogens is 476 g/mol. The van der Waals surface area contributed by atoms with Crippen LogP contribution in [0.5, 0.6) is 0 Å².